The molecule has 1 aromatic heterocycles. The van der Waals surface area contributed by atoms with E-state index < -0.39 is 16.7 Å². The molecule has 1 fully saturated rings. The number of carbonyl (C=O) groups is 2. The molecule has 1 aliphatic heterocycles. The van der Waals surface area contributed by atoms with Gasteiger partial charge in [0.05, 0.1) is 24.2 Å². The Bertz CT molecular complexity index is 873. The standard InChI is InChI=1S/C19H23N5O5/c1-22-8-2-3-16(22)17(23-9-11-29-12-10-23)13-20-18(25)19(26)21-14-4-6-15(7-5-14)24(27)28/h2-8,17H,9-13H2,1H3,(H,20,25)(H,21,26). The maximum atomic E-state index is 12.3. The van der Waals surface area contributed by atoms with Crippen molar-refractivity contribution in [1.29, 1.82) is 0 Å². The molecule has 1 saturated heterocycles. The van der Waals surface area contributed by atoms with Crippen LogP contribution in [0.2, 0.25) is 0 Å². The summed E-state index contributed by atoms with van der Waals surface area (Å²) in [5.41, 5.74) is 1.24. The number of amides is 2. The van der Waals surface area contributed by atoms with E-state index in [1.165, 1.54) is 24.3 Å². The van der Waals surface area contributed by atoms with Crippen molar-refractivity contribution in [3.8, 4) is 0 Å². The highest BCUT2D eigenvalue weighted by Gasteiger charge is 2.26. The van der Waals surface area contributed by atoms with Crippen molar-refractivity contribution >= 4 is 23.2 Å². The largest absolute Gasteiger partial charge is 0.379 e. The van der Waals surface area contributed by atoms with Crippen molar-refractivity contribution in [2.24, 2.45) is 7.05 Å². The molecule has 1 atom stereocenters. The van der Waals surface area contributed by atoms with Crippen LogP contribution in [0.5, 0.6) is 0 Å². The van der Waals surface area contributed by atoms with Gasteiger partial charge in [0.25, 0.3) is 5.69 Å². The summed E-state index contributed by atoms with van der Waals surface area (Å²) >= 11 is 0. The molecule has 154 valence electrons. The van der Waals surface area contributed by atoms with Gasteiger partial charge in [-0.2, -0.15) is 0 Å². The lowest BCUT2D eigenvalue weighted by molar-refractivity contribution is -0.384. The van der Waals surface area contributed by atoms with Crippen LogP contribution in [0.3, 0.4) is 0 Å². The zero-order chi connectivity index (χ0) is 20.8. The van der Waals surface area contributed by atoms with Gasteiger partial charge in [0, 0.05) is 56.4 Å². The van der Waals surface area contributed by atoms with Crippen LogP contribution in [0.15, 0.2) is 42.6 Å². The fourth-order valence-corrected chi connectivity index (χ4v) is 3.25. The number of hydrogen-bond acceptors (Lipinski definition) is 6. The van der Waals surface area contributed by atoms with Gasteiger partial charge < -0.3 is 19.9 Å². The first-order valence-electron chi connectivity index (χ1n) is 9.22. The third kappa shape index (κ3) is 5.18. The highest BCUT2D eigenvalue weighted by atomic mass is 16.6. The van der Waals surface area contributed by atoms with Crippen molar-refractivity contribution in [1.82, 2.24) is 14.8 Å². The molecule has 2 aromatic rings. The minimum Gasteiger partial charge on any atom is -0.379 e. The Morgan fingerprint density at radius 3 is 2.45 bits per heavy atom. The predicted molar refractivity (Wildman–Crippen MR) is 105 cm³/mol. The van der Waals surface area contributed by atoms with Crippen LogP contribution in [0.1, 0.15) is 11.7 Å². The van der Waals surface area contributed by atoms with Gasteiger partial charge in [-0.3, -0.25) is 24.6 Å². The number of aryl methyl sites for hydroxylation is 1. The maximum absolute atomic E-state index is 12.3. The van der Waals surface area contributed by atoms with Crippen LogP contribution in [0, 0.1) is 10.1 Å². The van der Waals surface area contributed by atoms with Crippen molar-refractivity contribution in [2.45, 2.75) is 6.04 Å². The number of nitrogens with zero attached hydrogens (tertiary/aromatic N) is 3. The van der Waals surface area contributed by atoms with Gasteiger partial charge >= 0.3 is 11.8 Å². The van der Waals surface area contributed by atoms with E-state index in [0.717, 1.165) is 18.8 Å². The Morgan fingerprint density at radius 2 is 1.86 bits per heavy atom. The number of nitro benzene ring substituents is 1. The number of nitrogens with one attached hydrogen (secondary N) is 2. The average Bonchev–Trinajstić information content (AvgIpc) is 3.15. The minimum absolute atomic E-state index is 0.0879. The first-order valence-corrected chi connectivity index (χ1v) is 9.22. The van der Waals surface area contributed by atoms with Crippen LogP contribution >= 0.6 is 0 Å². The number of aromatic nitrogens is 1. The topological polar surface area (TPSA) is 119 Å². The third-order valence-electron chi connectivity index (χ3n) is 4.81. The summed E-state index contributed by atoms with van der Waals surface area (Å²) in [6.07, 6.45) is 1.94. The van der Waals surface area contributed by atoms with E-state index in [0.29, 0.717) is 18.9 Å². The SMILES string of the molecule is Cn1cccc1C(CNC(=O)C(=O)Nc1ccc([N+](=O)[O-])cc1)N1CCOCC1. The molecular formula is C19H23N5O5. The van der Waals surface area contributed by atoms with Crippen molar-refractivity contribution in [3.63, 3.8) is 0 Å². The molecule has 29 heavy (non-hydrogen) atoms. The number of anilines is 1. The molecule has 0 spiro atoms. The summed E-state index contributed by atoms with van der Waals surface area (Å²) < 4.78 is 7.40. The van der Waals surface area contributed by atoms with Crippen LogP contribution < -0.4 is 10.6 Å². The number of rotatable bonds is 6. The van der Waals surface area contributed by atoms with Gasteiger partial charge in [-0.05, 0) is 24.3 Å². The lowest BCUT2D eigenvalue weighted by atomic mass is 10.1. The summed E-state index contributed by atoms with van der Waals surface area (Å²) in [5.74, 6) is -1.60. The molecule has 2 N–H and O–H groups in total. The monoisotopic (exact) mass is 401 g/mol. The number of carbonyl (C=O) groups excluding carboxylic acids is 2. The number of nitro groups is 1. The Labute approximate surface area is 167 Å². The lowest BCUT2D eigenvalue weighted by Gasteiger charge is -2.34. The summed E-state index contributed by atoms with van der Waals surface area (Å²) in [5, 5.41) is 15.8. The Kier molecular flexibility index (Phi) is 6.57. The van der Waals surface area contributed by atoms with Crippen LogP contribution in [0.4, 0.5) is 11.4 Å². The average molecular weight is 401 g/mol. The van der Waals surface area contributed by atoms with E-state index in [1.54, 1.807) is 0 Å². The van der Waals surface area contributed by atoms with Crippen LogP contribution in [0.25, 0.3) is 0 Å². The van der Waals surface area contributed by atoms with Crippen molar-refractivity contribution in [3.05, 3.63) is 58.4 Å². The third-order valence-corrected chi connectivity index (χ3v) is 4.81. The van der Waals surface area contributed by atoms with Gasteiger partial charge in [0.1, 0.15) is 0 Å². The predicted octanol–water partition coefficient (Wildman–Crippen LogP) is 1.06. The van der Waals surface area contributed by atoms with Crippen molar-refractivity contribution in [2.75, 3.05) is 38.2 Å². The second-order valence-corrected chi connectivity index (χ2v) is 6.68. The molecule has 0 aliphatic carbocycles. The van der Waals surface area contributed by atoms with Gasteiger partial charge in [-0.25, -0.2) is 0 Å². The highest BCUT2D eigenvalue weighted by molar-refractivity contribution is 6.39. The summed E-state index contributed by atoms with van der Waals surface area (Å²) in [4.78, 5) is 36.8. The molecule has 1 unspecified atom stereocenters. The number of benzene rings is 1. The molecule has 1 aromatic carbocycles. The molecule has 3 rings (SSSR count). The first kappa shape index (κ1) is 20.5. The van der Waals surface area contributed by atoms with Crippen LogP contribution in [-0.2, 0) is 21.4 Å². The molecular weight excluding hydrogens is 378 g/mol. The maximum Gasteiger partial charge on any atom is 0.313 e. The second kappa shape index (κ2) is 9.30. The summed E-state index contributed by atoms with van der Waals surface area (Å²) in [7, 11) is 1.94. The number of ether oxygens (including phenoxy) is 1. The minimum atomic E-state index is -0.827. The van der Waals surface area contributed by atoms with E-state index in [1.807, 2.05) is 29.9 Å². The zero-order valence-corrected chi connectivity index (χ0v) is 16.0. The first-order chi connectivity index (χ1) is 14.0. The smallest absolute Gasteiger partial charge is 0.313 e. The molecule has 0 radical (unpaired) electrons. The quantitative estimate of drug-likeness (QED) is 0.424. The summed E-state index contributed by atoms with van der Waals surface area (Å²) in [6, 6.07) is 9.12. The van der Waals surface area contributed by atoms with Crippen LogP contribution in [-0.4, -0.2) is 59.1 Å². The molecule has 2 amide bonds. The van der Waals surface area contributed by atoms with E-state index in [2.05, 4.69) is 15.5 Å². The number of hydrogen-bond donors (Lipinski definition) is 2. The second-order valence-electron chi connectivity index (χ2n) is 6.68. The molecule has 10 heteroatoms. The number of non-ortho nitro benzene ring substituents is 1. The van der Waals surface area contributed by atoms with Crippen molar-refractivity contribution < 1.29 is 19.2 Å². The molecule has 2 heterocycles. The molecule has 10 nitrogen and oxygen atoms in total. The van der Waals surface area contributed by atoms with E-state index in [4.69, 9.17) is 4.74 Å². The van der Waals surface area contributed by atoms with Gasteiger partial charge in [0.15, 0.2) is 0 Å². The zero-order valence-electron chi connectivity index (χ0n) is 16.0. The highest BCUT2D eigenvalue weighted by Crippen LogP contribution is 2.21. The Morgan fingerprint density at radius 1 is 1.17 bits per heavy atom. The van der Waals surface area contributed by atoms with Gasteiger partial charge in [-0.15, -0.1) is 0 Å². The normalized spacial score (nSPS) is 15.5. The fourth-order valence-electron chi connectivity index (χ4n) is 3.25. The van der Waals surface area contributed by atoms with E-state index in [9.17, 15) is 19.7 Å². The van der Waals surface area contributed by atoms with E-state index in [-0.39, 0.29) is 18.3 Å². The molecule has 0 bridgehead atoms. The lowest BCUT2D eigenvalue weighted by Crippen LogP contribution is -2.46. The summed E-state index contributed by atoms with van der Waals surface area (Å²) in [6.45, 7) is 2.98. The van der Waals surface area contributed by atoms with Gasteiger partial charge in [-0.1, -0.05) is 0 Å². The Balaban J connectivity index is 1.61. The van der Waals surface area contributed by atoms with Gasteiger partial charge in [0.2, 0.25) is 0 Å². The molecule has 0 saturated carbocycles. The fraction of sp³-hybridized carbons (Fsp3) is 0.368. The Hall–Kier alpha value is -3.24. The van der Waals surface area contributed by atoms with E-state index >= 15 is 0 Å². The molecule has 1 aliphatic rings. The number of morpholine rings is 1.